The van der Waals surface area contributed by atoms with E-state index in [-0.39, 0.29) is 11.4 Å². The predicted octanol–water partition coefficient (Wildman–Crippen LogP) is 5.71. The highest BCUT2D eigenvalue weighted by molar-refractivity contribution is 6.08. The van der Waals surface area contributed by atoms with Gasteiger partial charge in [0, 0.05) is 5.39 Å². The Hall–Kier alpha value is -4.53. The van der Waals surface area contributed by atoms with Gasteiger partial charge in [0.25, 0.3) is 5.91 Å². The minimum Gasteiger partial charge on any atom is -0.465 e. The number of halogens is 2. The molecule has 2 heterocycles. The van der Waals surface area contributed by atoms with Crippen molar-refractivity contribution >= 4 is 40.1 Å². The highest BCUT2D eigenvalue weighted by Crippen LogP contribution is 2.38. The van der Waals surface area contributed by atoms with E-state index in [9.17, 15) is 18.4 Å². The van der Waals surface area contributed by atoms with Gasteiger partial charge < -0.3 is 19.2 Å². The number of aromatic nitrogens is 1. The van der Waals surface area contributed by atoms with E-state index in [1.807, 2.05) is 24.3 Å². The minimum atomic E-state index is -3.05. The molecule has 0 radical (unpaired) electrons. The average molecular weight is 490 g/mol. The minimum absolute atomic E-state index is 0.0433. The van der Waals surface area contributed by atoms with Gasteiger partial charge >= 0.3 is 12.6 Å². The first-order chi connectivity index (χ1) is 17.5. The van der Waals surface area contributed by atoms with Gasteiger partial charge in [0.2, 0.25) is 0 Å². The Kier molecular flexibility index (Phi) is 6.44. The smallest absolute Gasteiger partial charge is 0.387 e. The van der Waals surface area contributed by atoms with Gasteiger partial charge in [-0.15, -0.1) is 0 Å². The molecule has 9 heteroatoms. The summed E-state index contributed by atoms with van der Waals surface area (Å²) in [5.41, 5.74) is 3.40. The Morgan fingerprint density at radius 2 is 1.86 bits per heavy atom. The van der Waals surface area contributed by atoms with E-state index in [1.165, 1.54) is 18.2 Å². The third-order valence-electron chi connectivity index (χ3n) is 5.72. The van der Waals surface area contributed by atoms with E-state index in [1.54, 1.807) is 30.5 Å². The molecule has 1 aliphatic rings. The molecule has 0 aliphatic heterocycles. The largest absolute Gasteiger partial charge is 0.465 e. The fourth-order valence-electron chi connectivity index (χ4n) is 4.22. The van der Waals surface area contributed by atoms with Crippen molar-refractivity contribution in [3.8, 4) is 5.75 Å². The molecular formula is C27H20F2N2O5. The van der Waals surface area contributed by atoms with Crippen LogP contribution in [0.25, 0.3) is 22.6 Å². The molecule has 1 amide bonds. The number of carbonyl (C=O) groups excluding carboxylic acids is 2. The standard InChI is InChI=1S/C27H20F2N2O5/c28-27(29)36-22-10-4-3-9-21(22)30-23(32)15-35-26(33)24-18-7-1-2-8-20(18)31-25-16(11-12-19(24)25)14-17-6-5-13-34-17/h1-10,13-14,27H,11-12,15H2,(H,30,32)/b16-14+. The van der Waals surface area contributed by atoms with Crippen molar-refractivity contribution in [3.63, 3.8) is 0 Å². The third kappa shape index (κ3) is 4.81. The van der Waals surface area contributed by atoms with Gasteiger partial charge in [-0.2, -0.15) is 8.78 Å². The first-order valence-corrected chi connectivity index (χ1v) is 11.2. The number of hydrogen-bond donors (Lipinski definition) is 1. The number of benzene rings is 2. The molecule has 0 fully saturated rings. The van der Waals surface area contributed by atoms with E-state index in [0.717, 1.165) is 11.1 Å². The molecule has 0 saturated carbocycles. The highest BCUT2D eigenvalue weighted by atomic mass is 19.3. The summed E-state index contributed by atoms with van der Waals surface area (Å²) in [6, 6.07) is 16.6. The van der Waals surface area contributed by atoms with Crippen molar-refractivity contribution in [2.24, 2.45) is 0 Å². The Morgan fingerprint density at radius 1 is 1.06 bits per heavy atom. The number of para-hydroxylation sites is 3. The quantitative estimate of drug-likeness (QED) is 0.334. The molecular weight excluding hydrogens is 470 g/mol. The lowest BCUT2D eigenvalue weighted by molar-refractivity contribution is -0.119. The van der Waals surface area contributed by atoms with Crippen LogP contribution in [-0.2, 0) is 16.0 Å². The van der Waals surface area contributed by atoms with E-state index in [2.05, 4.69) is 10.1 Å². The molecule has 0 unspecified atom stereocenters. The Labute approximate surface area is 204 Å². The van der Waals surface area contributed by atoms with Gasteiger partial charge in [-0.25, -0.2) is 9.78 Å². The molecule has 2 aromatic heterocycles. The number of anilines is 1. The number of nitrogens with zero attached hydrogens (tertiary/aromatic N) is 1. The fraction of sp³-hybridized carbons (Fsp3) is 0.148. The summed E-state index contributed by atoms with van der Waals surface area (Å²) in [6.45, 7) is -3.66. The number of allylic oxidation sites excluding steroid dienone is 1. The van der Waals surface area contributed by atoms with Crippen LogP contribution in [0.3, 0.4) is 0 Å². The number of alkyl halides is 2. The van der Waals surface area contributed by atoms with Gasteiger partial charge in [0.1, 0.15) is 11.5 Å². The van der Waals surface area contributed by atoms with E-state index in [4.69, 9.17) is 14.1 Å². The molecule has 5 rings (SSSR count). The monoisotopic (exact) mass is 490 g/mol. The number of furan rings is 1. The summed E-state index contributed by atoms with van der Waals surface area (Å²) in [5.74, 6) is -0.871. The number of ether oxygens (including phenoxy) is 2. The molecule has 4 aromatic rings. The van der Waals surface area contributed by atoms with E-state index < -0.39 is 25.1 Å². The van der Waals surface area contributed by atoms with Gasteiger partial charge in [0.05, 0.1) is 28.7 Å². The lowest BCUT2D eigenvalue weighted by Crippen LogP contribution is -2.22. The third-order valence-corrected chi connectivity index (χ3v) is 5.72. The maximum Gasteiger partial charge on any atom is 0.387 e. The second kappa shape index (κ2) is 9.99. The number of rotatable bonds is 7. The predicted molar refractivity (Wildman–Crippen MR) is 129 cm³/mol. The Balaban J connectivity index is 1.39. The number of fused-ring (bicyclic) bond motifs is 2. The molecule has 1 aliphatic carbocycles. The number of carbonyl (C=O) groups is 2. The number of nitrogens with one attached hydrogen (secondary N) is 1. The van der Waals surface area contributed by atoms with E-state index in [0.29, 0.717) is 40.8 Å². The molecule has 0 saturated heterocycles. The van der Waals surface area contributed by atoms with Crippen LogP contribution in [0, 0.1) is 0 Å². The lowest BCUT2D eigenvalue weighted by atomic mass is 10.0. The number of esters is 1. The van der Waals surface area contributed by atoms with Crippen LogP contribution >= 0.6 is 0 Å². The second-order valence-electron chi connectivity index (χ2n) is 8.02. The van der Waals surface area contributed by atoms with E-state index >= 15 is 0 Å². The molecule has 0 bridgehead atoms. The Bertz CT molecular complexity index is 1460. The summed E-state index contributed by atoms with van der Waals surface area (Å²) < 4.78 is 40.5. The summed E-state index contributed by atoms with van der Waals surface area (Å²) in [5, 5.41) is 3.06. The maximum atomic E-state index is 13.2. The summed E-state index contributed by atoms with van der Waals surface area (Å²) in [6.07, 6.45) is 4.73. The highest BCUT2D eigenvalue weighted by Gasteiger charge is 2.28. The number of hydrogen-bond acceptors (Lipinski definition) is 6. The molecule has 1 N–H and O–H groups in total. The van der Waals surface area contributed by atoms with Crippen LogP contribution in [-0.4, -0.2) is 30.1 Å². The number of pyridine rings is 1. The van der Waals surface area contributed by atoms with Gasteiger partial charge in [-0.1, -0.05) is 30.3 Å². The molecule has 182 valence electrons. The van der Waals surface area contributed by atoms with Gasteiger partial charge in [-0.3, -0.25) is 4.79 Å². The average Bonchev–Trinajstić information content (AvgIpc) is 3.52. The SMILES string of the molecule is O=C(COC(=O)c1c2c(nc3ccccc13)/C(=C/c1ccco1)CC2)Nc1ccccc1OC(F)F. The van der Waals surface area contributed by atoms with Crippen molar-refractivity contribution in [3.05, 3.63) is 89.5 Å². The second-order valence-corrected chi connectivity index (χ2v) is 8.02. The zero-order valence-electron chi connectivity index (χ0n) is 18.9. The van der Waals surface area contributed by atoms with Gasteiger partial charge in [0.15, 0.2) is 6.61 Å². The van der Waals surface area contributed by atoms with Gasteiger partial charge in [-0.05, 0) is 60.4 Å². The first-order valence-electron chi connectivity index (χ1n) is 11.2. The topological polar surface area (TPSA) is 90.7 Å². The molecule has 0 atom stereocenters. The molecule has 0 spiro atoms. The van der Waals surface area contributed by atoms with Crippen molar-refractivity contribution in [2.75, 3.05) is 11.9 Å². The molecule has 36 heavy (non-hydrogen) atoms. The number of amides is 1. The summed E-state index contributed by atoms with van der Waals surface area (Å²) in [7, 11) is 0. The fourth-order valence-corrected chi connectivity index (χ4v) is 4.22. The van der Waals surface area contributed by atoms with Crippen LogP contribution < -0.4 is 10.1 Å². The molecule has 2 aromatic carbocycles. The zero-order valence-corrected chi connectivity index (χ0v) is 18.9. The maximum absolute atomic E-state index is 13.2. The van der Waals surface area contributed by atoms with Crippen LogP contribution in [0.2, 0.25) is 0 Å². The van der Waals surface area contributed by atoms with Crippen molar-refractivity contribution < 1.29 is 32.3 Å². The van der Waals surface area contributed by atoms with Crippen LogP contribution in [0.4, 0.5) is 14.5 Å². The molecule has 7 nitrogen and oxygen atoms in total. The van der Waals surface area contributed by atoms with Crippen LogP contribution in [0.1, 0.15) is 33.8 Å². The lowest BCUT2D eigenvalue weighted by Gasteiger charge is -2.13. The van der Waals surface area contributed by atoms with Crippen molar-refractivity contribution in [1.29, 1.82) is 0 Å². The van der Waals surface area contributed by atoms with Crippen LogP contribution in [0.5, 0.6) is 5.75 Å². The zero-order chi connectivity index (χ0) is 25.1. The summed E-state index contributed by atoms with van der Waals surface area (Å²) in [4.78, 5) is 30.4. The van der Waals surface area contributed by atoms with Crippen LogP contribution in [0.15, 0.2) is 71.3 Å². The Morgan fingerprint density at radius 3 is 2.67 bits per heavy atom. The normalized spacial score (nSPS) is 13.7. The summed E-state index contributed by atoms with van der Waals surface area (Å²) >= 11 is 0. The first kappa shape index (κ1) is 23.2. The van der Waals surface area contributed by atoms with Crippen molar-refractivity contribution in [1.82, 2.24) is 4.98 Å². The van der Waals surface area contributed by atoms with Crippen molar-refractivity contribution in [2.45, 2.75) is 19.5 Å².